The van der Waals surface area contributed by atoms with Crippen LogP contribution >= 0.6 is 0 Å². The molecular formula is C15H16F3NO4. The Morgan fingerprint density at radius 1 is 1.26 bits per heavy atom. The highest BCUT2D eigenvalue weighted by Crippen LogP contribution is 2.30. The molecule has 1 unspecified atom stereocenters. The van der Waals surface area contributed by atoms with Crippen molar-refractivity contribution in [2.75, 3.05) is 20.8 Å². The Bertz CT molecular complexity index is 584. The highest BCUT2D eigenvalue weighted by atomic mass is 19.4. The minimum absolute atomic E-state index is 0.0287. The lowest BCUT2D eigenvalue weighted by Crippen LogP contribution is -2.30. The van der Waals surface area contributed by atoms with Crippen LogP contribution in [0.4, 0.5) is 13.2 Å². The quantitative estimate of drug-likeness (QED) is 0.641. The van der Waals surface area contributed by atoms with Crippen molar-refractivity contribution in [2.24, 2.45) is 0 Å². The fourth-order valence-corrected chi connectivity index (χ4v) is 1.75. The lowest BCUT2D eigenvalue weighted by Gasteiger charge is -2.19. The predicted molar refractivity (Wildman–Crippen MR) is 75.4 cm³/mol. The van der Waals surface area contributed by atoms with Crippen molar-refractivity contribution >= 4 is 11.9 Å². The van der Waals surface area contributed by atoms with Gasteiger partial charge < -0.3 is 14.8 Å². The third-order valence-electron chi connectivity index (χ3n) is 2.84. The van der Waals surface area contributed by atoms with Crippen molar-refractivity contribution in [3.8, 4) is 0 Å². The smallest absolute Gasteiger partial charge is 0.416 e. The molecule has 0 saturated heterocycles. The van der Waals surface area contributed by atoms with Gasteiger partial charge >= 0.3 is 12.1 Å². The van der Waals surface area contributed by atoms with Gasteiger partial charge in [-0.2, -0.15) is 13.2 Å². The lowest BCUT2D eigenvalue weighted by molar-refractivity contribution is -0.137. The van der Waals surface area contributed by atoms with Crippen molar-refractivity contribution in [1.29, 1.82) is 0 Å². The van der Waals surface area contributed by atoms with E-state index in [2.05, 4.69) is 10.1 Å². The standard InChI is InChI=1S/C15H16F3NO4/c1-22-9-12(19-13(20)6-7-14(21)23-2)10-4-3-5-11(8-10)15(16,17)18/h3-8,12H,9H2,1-2H3,(H,19,20)/b7-6+. The fourth-order valence-electron chi connectivity index (χ4n) is 1.75. The van der Waals surface area contributed by atoms with Crippen molar-refractivity contribution < 1.29 is 32.2 Å². The van der Waals surface area contributed by atoms with Crippen LogP contribution in [0, 0.1) is 0 Å². The van der Waals surface area contributed by atoms with E-state index in [9.17, 15) is 22.8 Å². The molecule has 0 saturated carbocycles. The zero-order valence-electron chi connectivity index (χ0n) is 12.5. The summed E-state index contributed by atoms with van der Waals surface area (Å²) < 4.78 is 47.5. The summed E-state index contributed by atoms with van der Waals surface area (Å²) in [5, 5.41) is 2.47. The van der Waals surface area contributed by atoms with E-state index in [0.29, 0.717) is 0 Å². The Hall–Kier alpha value is -2.35. The number of hydrogen-bond donors (Lipinski definition) is 1. The maximum atomic E-state index is 12.7. The summed E-state index contributed by atoms with van der Waals surface area (Å²) in [6, 6.07) is 3.78. The molecular weight excluding hydrogens is 315 g/mol. The van der Waals surface area contributed by atoms with E-state index in [1.165, 1.54) is 19.2 Å². The Morgan fingerprint density at radius 3 is 2.52 bits per heavy atom. The number of methoxy groups -OCH3 is 2. The second kappa shape index (κ2) is 8.33. The molecule has 0 fully saturated rings. The lowest BCUT2D eigenvalue weighted by atomic mass is 10.0. The van der Waals surface area contributed by atoms with E-state index >= 15 is 0 Å². The van der Waals surface area contributed by atoms with Crippen molar-refractivity contribution in [2.45, 2.75) is 12.2 Å². The van der Waals surface area contributed by atoms with E-state index in [1.54, 1.807) is 0 Å². The summed E-state index contributed by atoms with van der Waals surface area (Å²) in [6.45, 7) is -0.0287. The van der Waals surface area contributed by atoms with E-state index in [-0.39, 0.29) is 12.2 Å². The highest BCUT2D eigenvalue weighted by Gasteiger charge is 2.31. The van der Waals surface area contributed by atoms with Gasteiger partial charge in [0.15, 0.2) is 0 Å². The zero-order valence-corrected chi connectivity index (χ0v) is 12.5. The van der Waals surface area contributed by atoms with Crippen molar-refractivity contribution in [3.05, 3.63) is 47.5 Å². The van der Waals surface area contributed by atoms with Gasteiger partial charge in [-0.25, -0.2) is 4.79 Å². The van der Waals surface area contributed by atoms with Crippen LogP contribution in [0.3, 0.4) is 0 Å². The Labute approximate surface area is 131 Å². The molecule has 1 aromatic carbocycles. The van der Waals surface area contributed by atoms with Gasteiger partial charge in [-0.3, -0.25) is 4.79 Å². The fraction of sp³-hybridized carbons (Fsp3) is 0.333. The third-order valence-corrected chi connectivity index (χ3v) is 2.84. The van der Waals surface area contributed by atoms with Crippen LogP contribution in [-0.2, 0) is 25.2 Å². The molecule has 0 heterocycles. The Balaban J connectivity index is 2.92. The predicted octanol–water partition coefficient (Wildman–Crippen LogP) is 2.24. The first-order chi connectivity index (χ1) is 10.8. The SMILES string of the molecule is COCC(NC(=O)/C=C/C(=O)OC)c1cccc(C(F)(F)F)c1. The molecule has 0 bridgehead atoms. The molecule has 0 radical (unpaired) electrons. The minimum atomic E-state index is -4.48. The molecule has 1 rings (SSSR count). The number of ether oxygens (including phenoxy) is 2. The van der Waals surface area contributed by atoms with Crippen LogP contribution in [0.5, 0.6) is 0 Å². The molecule has 1 aromatic rings. The van der Waals surface area contributed by atoms with Crippen LogP contribution in [0.1, 0.15) is 17.2 Å². The minimum Gasteiger partial charge on any atom is -0.466 e. The van der Waals surface area contributed by atoms with Gasteiger partial charge in [0.1, 0.15) is 0 Å². The average Bonchev–Trinajstić information content (AvgIpc) is 2.51. The number of esters is 1. The van der Waals surface area contributed by atoms with Crippen LogP contribution in [0.2, 0.25) is 0 Å². The maximum absolute atomic E-state index is 12.7. The molecule has 1 atom stereocenters. The van der Waals surface area contributed by atoms with Crippen molar-refractivity contribution in [1.82, 2.24) is 5.32 Å². The number of alkyl halides is 3. The van der Waals surface area contributed by atoms with Gasteiger partial charge in [-0.15, -0.1) is 0 Å². The molecule has 0 aliphatic carbocycles. The van der Waals surface area contributed by atoms with Gasteiger partial charge in [0, 0.05) is 19.3 Å². The normalized spacial score (nSPS) is 12.9. The molecule has 126 valence electrons. The molecule has 1 amide bonds. The number of hydrogen-bond acceptors (Lipinski definition) is 4. The summed E-state index contributed by atoms with van der Waals surface area (Å²) in [7, 11) is 2.51. The molecule has 0 aliphatic heterocycles. The van der Waals surface area contributed by atoms with Gasteiger partial charge in [0.05, 0.1) is 25.3 Å². The first-order valence-corrected chi connectivity index (χ1v) is 6.50. The number of nitrogens with one attached hydrogen (secondary N) is 1. The second-order valence-electron chi connectivity index (χ2n) is 4.50. The van der Waals surface area contributed by atoms with Crippen LogP contribution in [0.15, 0.2) is 36.4 Å². The molecule has 0 aromatic heterocycles. The monoisotopic (exact) mass is 331 g/mol. The number of rotatable bonds is 6. The number of halogens is 3. The Morgan fingerprint density at radius 2 is 1.96 bits per heavy atom. The van der Waals surface area contributed by atoms with Gasteiger partial charge in [-0.1, -0.05) is 12.1 Å². The number of carbonyl (C=O) groups is 2. The van der Waals surface area contributed by atoms with Gasteiger partial charge in [0.2, 0.25) is 5.91 Å². The first-order valence-electron chi connectivity index (χ1n) is 6.50. The van der Waals surface area contributed by atoms with E-state index in [0.717, 1.165) is 31.4 Å². The summed E-state index contributed by atoms with van der Waals surface area (Å²) in [5.41, 5.74) is -0.586. The molecule has 5 nitrogen and oxygen atoms in total. The topological polar surface area (TPSA) is 64.6 Å². The van der Waals surface area contributed by atoms with E-state index in [4.69, 9.17) is 4.74 Å². The van der Waals surface area contributed by atoms with E-state index < -0.39 is 29.7 Å². The number of amides is 1. The maximum Gasteiger partial charge on any atom is 0.416 e. The Kier molecular flexibility index (Phi) is 6.77. The highest BCUT2D eigenvalue weighted by molar-refractivity contribution is 5.94. The van der Waals surface area contributed by atoms with Gasteiger partial charge in [-0.05, 0) is 17.7 Å². The van der Waals surface area contributed by atoms with Crippen LogP contribution < -0.4 is 5.32 Å². The molecule has 1 N–H and O–H groups in total. The molecule has 8 heteroatoms. The number of carbonyl (C=O) groups excluding carboxylic acids is 2. The zero-order chi connectivity index (χ0) is 17.5. The summed E-state index contributed by atoms with van der Waals surface area (Å²) >= 11 is 0. The van der Waals surface area contributed by atoms with Crippen LogP contribution in [0.25, 0.3) is 0 Å². The van der Waals surface area contributed by atoms with Crippen LogP contribution in [-0.4, -0.2) is 32.7 Å². The summed E-state index contributed by atoms with van der Waals surface area (Å²) in [5.74, 6) is -1.38. The molecule has 23 heavy (non-hydrogen) atoms. The third kappa shape index (κ3) is 6.11. The molecule has 0 spiro atoms. The largest absolute Gasteiger partial charge is 0.466 e. The van der Waals surface area contributed by atoms with Gasteiger partial charge in [0.25, 0.3) is 0 Å². The average molecular weight is 331 g/mol. The second-order valence-corrected chi connectivity index (χ2v) is 4.50. The van der Waals surface area contributed by atoms with E-state index in [1.807, 2.05) is 0 Å². The summed E-state index contributed by atoms with van der Waals surface area (Å²) in [4.78, 5) is 22.6. The molecule has 0 aliphatic rings. The first kappa shape index (κ1) is 18.7. The van der Waals surface area contributed by atoms with Crippen molar-refractivity contribution in [3.63, 3.8) is 0 Å². The summed E-state index contributed by atoms with van der Waals surface area (Å²) in [6.07, 6.45) is -2.64. The number of benzene rings is 1.